The number of carbonyl (C=O) groups is 1. The third-order valence-corrected chi connectivity index (χ3v) is 2.44. The first kappa shape index (κ1) is 9.79. The van der Waals surface area contributed by atoms with Gasteiger partial charge in [0.05, 0.1) is 23.4 Å². The third-order valence-electron chi connectivity index (χ3n) is 2.11. The van der Waals surface area contributed by atoms with Gasteiger partial charge < -0.3 is 4.74 Å². The zero-order valence-corrected chi connectivity index (χ0v) is 8.68. The number of hydrogen-bond donors (Lipinski definition) is 2. The molecule has 0 spiro atoms. The Labute approximate surface area is 90.3 Å². The Morgan fingerprint density at radius 1 is 1.67 bits per heavy atom. The van der Waals surface area contributed by atoms with Crippen LogP contribution < -0.4 is 21.5 Å². The summed E-state index contributed by atoms with van der Waals surface area (Å²) < 4.78 is 4.63. The van der Waals surface area contributed by atoms with E-state index in [1.165, 1.54) is 13.2 Å². The fourth-order valence-electron chi connectivity index (χ4n) is 1.34. The largest absolute Gasteiger partial charge is 0.465 e. The van der Waals surface area contributed by atoms with E-state index in [-0.39, 0.29) is 0 Å². The van der Waals surface area contributed by atoms with Crippen molar-refractivity contribution in [1.82, 2.24) is 5.53 Å². The first-order valence-electron chi connectivity index (χ1n) is 4.13. The fraction of sp³-hybridized carbons (Fsp3) is 0.111. The number of hydrazine groups is 1. The average Bonchev–Trinajstić information content (AvgIpc) is 2.71. The van der Waals surface area contributed by atoms with Gasteiger partial charge in [0.15, 0.2) is 0 Å². The number of anilines is 1. The topological polar surface area (TPSA) is 62.7 Å². The Kier molecular flexibility index (Phi) is 2.24. The molecule has 6 heteroatoms. The predicted octanol–water partition coefficient (Wildman–Crippen LogP) is 0.00160. The number of esters is 1. The Hall–Kier alpha value is -1.75. The van der Waals surface area contributed by atoms with Crippen molar-refractivity contribution in [1.29, 1.82) is 0 Å². The van der Waals surface area contributed by atoms with E-state index in [0.717, 1.165) is 0 Å². The van der Waals surface area contributed by atoms with Gasteiger partial charge in [0, 0.05) is 5.22 Å². The van der Waals surface area contributed by atoms with E-state index in [2.05, 4.69) is 27.4 Å². The fourth-order valence-corrected chi connectivity index (χ4v) is 1.54. The van der Waals surface area contributed by atoms with Crippen LogP contribution in [0.25, 0.3) is 6.58 Å². The Bertz CT molecular complexity index is 541. The minimum absolute atomic E-state index is 0.332. The van der Waals surface area contributed by atoms with Crippen LogP contribution in [0.1, 0.15) is 10.4 Å². The van der Waals surface area contributed by atoms with E-state index in [9.17, 15) is 4.79 Å². The molecule has 2 N–H and O–H groups in total. The van der Waals surface area contributed by atoms with Crippen molar-refractivity contribution >= 4 is 29.8 Å². The lowest BCUT2D eigenvalue weighted by atomic mass is 10.1. The van der Waals surface area contributed by atoms with Crippen LogP contribution in [0, 0.1) is 0 Å². The smallest absolute Gasteiger partial charge is 0.340 e. The summed E-state index contributed by atoms with van der Waals surface area (Å²) in [7, 11) is 1.31. The number of ether oxygens (including phenoxy) is 1. The lowest BCUT2D eigenvalue weighted by Gasteiger charge is -2.05. The number of hydrogen-bond acceptors (Lipinski definition) is 5. The highest BCUT2D eigenvalue weighted by molar-refractivity contribution is 6.31. The van der Waals surface area contributed by atoms with Gasteiger partial charge in [0.25, 0.3) is 0 Å². The van der Waals surface area contributed by atoms with E-state index >= 15 is 0 Å². The molecule has 0 saturated heterocycles. The maximum Gasteiger partial charge on any atom is 0.340 e. The number of methoxy groups -OCH3 is 1. The van der Waals surface area contributed by atoms with Crippen molar-refractivity contribution in [2.45, 2.75) is 0 Å². The van der Waals surface area contributed by atoms with Gasteiger partial charge in [-0.3, -0.25) is 5.43 Å². The van der Waals surface area contributed by atoms with Gasteiger partial charge >= 0.3 is 5.97 Å². The van der Waals surface area contributed by atoms with Gasteiger partial charge in [-0.15, -0.1) is 0 Å². The lowest BCUT2D eigenvalue weighted by molar-refractivity contribution is 0.0601. The maximum absolute atomic E-state index is 11.4. The molecule has 1 heterocycles. The second-order valence-electron chi connectivity index (χ2n) is 2.95. The summed E-state index contributed by atoms with van der Waals surface area (Å²) in [6.07, 6.45) is 0. The van der Waals surface area contributed by atoms with Gasteiger partial charge in [-0.25, -0.2) is 10.3 Å². The van der Waals surface area contributed by atoms with E-state index in [1.54, 1.807) is 0 Å². The molecule has 0 radical (unpaired) electrons. The van der Waals surface area contributed by atoms with Crippen molar-refractivity contribution in [3.05, 3.63) is 27.2 Å². The number of carbonyl (C=O) groups excluding carboxylic acids is 1. The van der Waals surface area contributed by atoms with Crippen LogP contribution in [0.2, 0.25) is 5.02 Å². The van der Waals surface area contributed by atoms with Crippen LogP contribution in [0.3, 0.4) is 0 Å². The molecule has 1 aromatic carbocycles. The minimum atomic E-state index is -0.473. The standard InChI is InChI=1S/C9H8ClN3O2/c1-4-6(10)3-5(9(14)15-2)8-7(4)11-13-12-8/h3,12-13H,1H2,2H3. The highest BCUT2D eigenvalue weighted by Gasteiger charge is 2.18. The van der Waals surface area contributed by atoms with Gasteiger partial charge in [0.1, 0.15) is 5.36 Å². The second kappa shape index (κ2) is 3.43. The quantitative estimate of drug-likeness (QED) is 0.661. The molecule has 0 atom stereocenters. The van der Waals surface area contributed by atoms with E-state index in [1.807, 2.05) is 0 Å². The molecule has 2 rings (SSSR count). The number of benzene rings is 1. The molecule has 0 aliphatic carbocycles. The lowest BCUT2D eigenvalue weighted by Crippen LogP contribution is -2.26. The van der Waals surface area contributed by atoms with Gasteiger partial charge in [-0.1, -0.05) is 18.2 Å². The molecule has 0 fully saturated rings. The summed E-state index contributed by atoms with van der Waals surface area (Å²) in [5.74, 6) is -0.473. The van der Waals surface area contributed by atoms with Gasteiger partial charge in [0.2, 0.25) is 0 Å². The van der Waals surface area contributed by atoms with Crippen LogP contribution in [0.4, 0.5) is 5.69 Å². The molecule has 1 aliphatic heterocycles. The molecule has 15 heavy (non-hydrogen) atoms. The molecular weight excluding hydrogens is 218 g/mol. The van der Waals surface area contributed by atoms with E-state index in [4.69, 9.17) is 11.6 Å². The van der Waals surface area contributed by atoms with E-state index < -0.39 is 5.97 Å². The number of halogens is 1. The molecule has 5 nitrogen and oxygen atoms in total. The molecule has 78 valence electrons. The van der Waals surface area contributed by atoms with Gasteiger partial charge in [-0.05, 0) is 6.07 Å². The molecular formula is C9H8ClN3O2. The summed E-state index contributed by atoms with van der Waals surface area (Å²) in [5.41, 5.74) is 6.15. The van der Waals surface area contributed by atoms with Crippen LogP contribution in [0.15, 0.2) is 11.2 Å². The molecule has 0 saturated carbocycles. The number of nitrogens with one attached hydrogen (secondary N) is 2. The van der Waals surface area contributed by atoms with Crippen LogP contribution >= 0.6 is 11.6 Å². The van der Waals surface area contributed by atoms with Crippen LogP contribution in [-0.2, 0) is 4.74 Å². The Morgan fingerprint density at radius 3 is 3.07 bits per heavy atom. The Morgan fingerprint density at radius 2 is 2.40 bits per heavy atom. The zero-order chi connectivity index (χ0) is 11.0. The normalized spacial score (nSPS) is 12.1. The zero-order valence-electron chi connectivity index (χ0n) is 7.93. The van der Waals surface area contributed by atoms with Crippen LogP contribution in [0.5, 0.6) is 0 Å². The second-order valence-corrected chi connectivity index (χ2v) is 3.36. The molecule has 0 amide bonds. The highest BCUT2D eigenvalue weighted by Crippen LogP contribution is 2.15. The van der Waals surface area contributed by atoms with Crippen molar-refractivity contribution < 1.29 is 9.53 Å². The number of fused-ring (bicyclic) bond motifs is 1. The van der Waals surface area contributed by atoms with Crippen molar-refractivity contribution in [3.8, 4) is 0 Å². The summed E-state index contributed by atoms with van der Waals surface area (Å²) in [6, 6.07) is 1.50. The summed E-state index contributed by atoms with van der Waals surface area (Å²) in [4.78, 5) is 11.4. The number of rotatable bonds is 1. The monoisotopic (exact) mass is 225 g/mol. The molecule has 1 aliphatic rings. The van der Waals surface area contributed by atoms with Crippen molar-refractivity contribution in [2.75, 3.05) is 12.5 Å². The first-order valence-corrected chi connectivity index (χ1v) is 4.51. The molecule has 0 aromatic heterocycles. The summed E-state index contributed by atoms with van der Waals surface area (Å²) in [6.45, 7) is 3.76. The first-order chi connectivity index (χ1) is 7.15. The minimum Gasteiger partial charge on any atom is -0.465 e. The predicted molar refractivity (Wildman–Crippen MR) is 55.9 cm³/mol. The third kappa shape index (κ3) is 1.41. The van der Waals surface area contributed by atoms with Crippen LogP contribution in [-0.4, -0.2) is 13.1 Å². The summed E-state index contributed by atoms with van der Waals surface area (Å²) in [5, 5.41) is 5.40. The average molecular weight is 226 g/mol. The molecule has 0 unspecified atom stereocenters. The maximum atomic E-state index is 11.4. The van der Waals surface area contributed by atoms with Gasteiger partial charge in [-0.2, -0.15) is 5.10 Å². The summed E-state index contributed by atoms with van der Waals surface area (Å²) >= 11 is 5.91. The van der Waals surface area contributed by atoms with Crippen molar-refractivity contribution in [3.63, 3.8) is 0 Å². The SMILES string of the molecule is C=c1c(Cl)cc(C(=O)OC)c2c1=NNN2. The molecule has 0 bridgehead atoms. The molecule has 1 aromatic rings. The van der Waals surface area contributed by atoms with E-state index in [0.29, 0.717) is 26.8 Å². The highest BCUT2D eigenvalue weighted by atomic mass is 35.5. The number of nitrogens with zero attached hydrogens (tertiary/aromatic N) is 1. The Balaban J connectivity index is 2.76. The van der Waals surface area contributed by atoms with Crippen molar-refractivity contribution in [2.24, 2.45) is 5.10 Å².